The van der Waals surface area contributed by atoms with Crippen molar-refractivity contribution in [1.29, 1.82) is 0 Å². The van der Waals surface area contributed by atoms with Crippen LogP contribution in [0.25, 0.3) is 0 Å². The predicted molar refractivity (Wildman–Crippen MR) is 66.5 cm³/mol. The summed E-state index contributed by atoms with van der Waals surface area (Å²) in [4.78, 5) is 7.92. The molecular formula is C11H8Cl2FN3. The zero-order valence-corrected chi connectivity index (χ0v) is 10.3. The number of aromatic nitrogens is 2. The molecule has 88 valence electrons. The summed E-state index contributed by atoms with van der Waals surface area (Å²) in [6.45, 7) is 1.80. The highest BCUT2D eigenvalue weighted by molar-refractivity contribution is 6.31. The van der Waals surface area contributed by atoms with E-state index in [1.54, 1.807) is 19.1 Å². The number of nitrogens with zero attached hydrogens (tertiary/aromatic N) is 2. The van der Waals surface area contributed by atoms with E-state index in [0.29, 0.717) is 11.5 Å². The molecule has 0 saturated heterocycles. The molecule has 0 amide bonds. The smallest absolute Gasteiger partial charge is 0.224 e. The van der Waals surface area contributed by atoms with Crippen LogP contribution in [0.5, 0.6) is 0 Å². The molecule has 0 spiro atoms. The summed E-state index contributed by atoms with van der Waals surface area (Å²) in [5.74, 6) is 0.0688. The Balaban J connectivity index is 2.28. The molecule has 0 unspecified atom stereocenters. The largest absolute Gasteiger partial charge is 0.340 e. The van der Waals surface area contributed by atoms with Gasteiger partial charge in [0.25, 0.3) is 0 Å². The fourth-order valence-electron chi connectivity index (χ4n) is 1.32. The monoisotopic (exact) mass is 271 g/mol. The van der Waals surface area contributed by atoms with Gasteiger partial charge in [-0.2, -0.15) is 0 Å². The van der Waals surface area contributed by atoms with Crippen molar-refractivity contribution in [2.45, 2.75) is 6.92 Å². The first kappa shape index (κ1) is 12.1. The van der Waals surface area contributed by atoms with Gasteiger partial charge in [0.15, 0.2) is 0 Å². The van der Waals surface area contributed by atoms with E-state index in [0.717, 1.165) is 5.69 Å². The number of aryl methyl sites for hydroxylation is 1. The second kappa shape index (κ2) is 4.85. The first-order valence-electron chi connectivity index (χ1n) is 4.78. The van der Waals surface area contributed by atoms with Gasteiger partial charge in [0.05, 0.1) is 5.02 Å². The van der Waals surface area contributed by atoms with E-state index in [-0.39, 0.29) is 10.3 Å². The molecule has 0 atom stereocenters. The summed E-state index contributed by atoms with van der Waals surface area (Å²) in [5.41, 5.74) is 1.37. The minimum atomic E-state index is -0.464. The van der Waals surface area contributed by atoms with Gasteiger partial charge >= 0.3 is 0 Å². The fraction of sp³-hybridized carbons (Fsp3) is 0.0909. The predicted octanol–water partition coefficient (Wildman–Crippen LogP) is 3.97. The number of halogens is 3. The van der Waals surface area contributed by atoms with Crippen molar-refractivity contribution in [3.8, 4) is 0 Å². The third-order valence-electron chi connectivity index (χ3n) is 2.02. The lowest BCUT2D eigenvalue weighted by Gasteiger charge is -2.07. The standard InChI is InChI=1S/C11H8Cl2FN3/c1-6-4-10(17-11(13)15-6)16-7-2-3-9(14)8(12)5-7/h2-5H,1H3,(H,15,16,17). The molecule has 0 fully saturated rings. The summed E-state index contributed by atoms with van der Waals surface area (Å²) < 4.78 is 13.0. The molecule has 0 bridgehead atoms. The third kappa shape index (κ3) is 3.05. The quantitative estimate of drug-likeness (QED) is 0.840. The molecule has 1 aromatic carbocycles. The lowest BCUT2D eigenvalue weighted by Crippen LogP contribution is -1.97. The SMILES string of the molecule is Cc1cc(Nc2ccc(F)c(Cl)c2)nc(Cl)n1. The Bertz CT molecular complexity index is 540. The lowest BCUT2D eigenvalue weighted by molar-refractivity contribution is 0.628. The van der Waals surface area contributed by atoms with Crippen LogP contribution in [0.2, 0.25) is 10.3 Å². The van der Waals surface area contributed by atoms with E-state index in [1.165, 1.54) is 12.1 Å². The van der Waals surface area contributed by atoms with E-state index in [2.05, 4.69) is 15.3 Å². The van der Waals surface area contributed by atoms with Crippen LogP contribution in [0, 0.1) is 12.7 Å². The molecule has 2 rings (SSSR count). The molecule has 6 heteroatoms. The second-order valence-electron chi connectivity index (χ2n) is 3.42. The van der Waals surface area contributed by atoms with E-state index < -0.39 is 5.82 Å². The molecule has 0 saturated carbocycles. The van der Waals surface area contributed by atoms with Gasteiger partial charge in [-0.1, -0.05) is 11.6 Å². The molecular weight excluding hydrogens is 264 g/mol. The number of anilines is 2. The summed E-state index contributed by atoms with van der Waals surface area (Å²) in [7, 11) is 0. The van der Waals surface area contributed by atoms with Crippen LogP contribution < -0.4 is 5.32 Å². The second-order valence-corrected chi connectivity index (χ2v) is 4.16. The van der Waals surface area contributed by atoms with Gasteiger partial charge < -0.3 is 5.32 Å². The van der Waals surface area contributed by atoms with Crippen LogP contribution in [0.15, 0.2) is 24.3 Å². The van der Waals surface area contributed by atoms with Gasteiger partial charge in [0.1, 0.15) is 11.6 Å². The average Bonchev–Trinajstić information content (AvgIpc) is 2.22. The van der Waals surface area contributed by atoms with Gasteiger partial charge in [-0.15, -0.1) is 0 Å². The lowest BCUT2D eigenvalue weighted by atomic mass is 10.3. The van der Waals surface area contributed by atoms with Crippen LogP contribution in [-0.4, -0.2) is 9.97 Å². The minimum Gasteiger partial charge on any atom is -0.340 e. The van der Waals surface area contributed by atoms with Crippen molar-refractivity contribution in [3.05, 3.63) is 46.1 Å². The van der Waals surface area contributed by atoms with E-state index >= 15 is 0 Å². The van der Waals surface area contributed by atoms with Crippen LogP contribution in [0.1, 0.15) is 5.69 Å². The van der Waals surface area contributed by atoms with Crippen LogP contribution in [0.3, 0.4) is 0 Å². The Morgan fingerprint density at radius 2 is 1.94 bits per heavy atom. The highest BCUT2D eigenvalue weighted by Crippen LogP contribution is 2.22. The number of rotatable bonds is 2. The number of hydrogen-bond acceptors (Lipinski definition) is 3. The molecule has 0 aliphatic heterocycles. The van der Waals surface area contributed by atoms with Gasteiger partial charge in [0, 0.05) is 17.4 Å². The highest BCUT2D eigenvalue weighted by Gasteiger charge is 2.03. The normalized spacial score (nSPS) is 10.4. The molecule has 1 aromatic heterocycles. The molecule has 0 aliphatic rings. The van der Waals surface area contributed by atoms with Crippen LogP contribution >= 0.6 is 23.2 Å². The zero-order valence-electron chi connectivity index (χ0n) is 8.84. The Hall–Kier alpha value is -1.39. The van der Waals surface area contributed by atoms with Gasteiger partial charge in [-0.25, -0.2) is 14.4 Å². The van der Waals surface area contributed by atoms with Crippen LogP contribution in [0.4, 0.5) is 15.9 Å². The van der Waals surface area contributed by atoms with Crippen molar-refractivity contribution in [2.75, 3.05) is 5.32 Å². The van der Waals surface area contributed by atoms with E-state index in [1.807, 2.05) is 0 Å². The van der Waals surface area contributed by atoms with Crippen molar-refractivity contribution in [1.82, 2.24) is 9.97 Å². The van der Waals surface area contributed by atoms with Crippen molar-refractivity contribution in [2.24, 2.45) is 0 Å². The first-order chi connectivity index (χ1) is 8.04. The van der Waals surface area contributed by atoms with E-state index in [9.17, 15) is 4.39 Å². The van der Waals surface area contributed by atoms with Gasteiger partial charge in [0.2, 0.25) is 5.28 Å². The topological polar surface area (TPSA) is 37.8 Å². The molecule has 1 heterocycles. The van der Waals surface area contributed by atoms with Gasteiger partial charge in [-0.05, 0) is 36.7 Å². The molecule has 17 heavy (non-hydrogen) atoms. The number of nitrogens with one attached hydrogen (secondary N) is 1. The summed E-state index contributed by atoms with van der Waals surface area (Å²) >= 11 is 11.4. The Kier molecular flexibility index (Phi) is 3.45. The minimum absolute atomic E-state index is 0.0480. The Labute approximate surface area is 108 Å². The first-order valence-corrected chi connectivity index (χ1v) is 5.53. The van der Waals surface area contributed by atoms with Crippen molar-refractivity contribution >= 4 is 34.7 Å². The van der Waals surface area contributed by atoms with E-state index in [4.69, 9.17) is 23.2 Å². The Morgan fingerprint density at radius 1 is 1.18 bits per heavy atom. The van der Waals surface area contributed by atoms with Gasteiger partial charge in [-0.3, -0.25) is 0 Å². The maximum Gasteiger partial charge on any atom is 0.224 e. The highest BCUT2D eigenvalue weighted by atomic mass is 35.5. The zero-order chi connectivity index (χ0) is 12.4. The maximum absolute atomic E-state index is 13.0. The number of hydrogen-bond donors (Lipinski definition) is 1. The fourth-order valence-corrected chi connectivity index (χ4v) is 1.72. The van der Waals surface area contributed by atoms with Crippen molar-refractivity contribution in [3.63, 3.8) is 0 Å². The number of benzene rings is 1. The van der Waals surface area contributed by atoms with Crippen molar-refractivity contribution < 1.29 is 4.39 Å². The summed E-state index contributed by atoms with van der Waals surface area (Å²) in [5, 5.41) is 3.17. The average molecular weight is 272 g/mol. The molecule has 0 aliphatic carbocycles. The summed E-state index contributed by atoms with van der Waals surface area (Å²) in [6, 6.07) is 6.04. The Morgan fingerprint density at radius 3 is 2.59 bits per heavy atom. The summed E-state index contributed by atoms with van der Waals surface area (Å²) in [6.07, 6.45) is 0. The molecule has 3 nitrogen and oxygen atoms in total. The maximum atomic E-state index is 13.0. The molecule has 2 aromatic rings. The molecule has 1 N–H and O–H groups in total. The third-order valence-corrected chi connectivity index (χ3v) is 2.48. The van der Waals surface area contributed by atoms with Crippen LogP contribution in [-0.2, 0) is 0 Å². The molecule has 0 radical (unpaired) electrons.